The maximum atomic E-state index is 13.0. The van der Waals surface area contributed by atoms with Crippen LogP contribution in [0.3, 0.4) is 0 Å². The van der Waals surface area contributed by atoms with E-state index in [4.69, 9.17) is 4.74 Å². The summed E-state index contributed by atoms with van der Waals surface area (Å²) in [6.07, 6.45) is 37.1. The molecule has 0 spiro atoms. The first-order valence-corrected chi connectivity index (χ1v) is 17.8. The van der Waals surface area contributed by atoms with E-state index in [1.54, 1.807) is 0 Å². The summed E-state index contributed by atoms with van der Waals surface area (Å²) >= 11 is 0. The number of esters is 1. The van der Waals surface area contributed by atoms with Crippen molar-refractivity contribution in [2.45, 2.75) is 207 Å². The van der Waals surface area contributed by atoms with Crippen molar-refractivity contribution in [2.24, 2.45) is 11.8 Å². The Balaban J connectivity index is 3.97. The van der Waals surface area contributed by atoms with Crippen molar-refractivity contribution >= 4 is 5.97 Å². The third-order valence-corrected chi connectivity index (χ3v) is 8.61. The Morgan fingerprint density at radius 2 is 0.763 bits per heavy atom. The second-order valence-corrected chi connectivity index (χ2v) is 12.5. The molecular weight excluding hydrogens is 464 g/mol. The van der Waals surface area contributed by atoms with Gasteiger partial charge >= 0.3 is 5.97 Å². The Morgan fingerprint density at radius 3 is 1.18 bits per heavy atom. The molecule has 0 aromatic rings. The summed E-state index contributed by atoms with van der Waals surface area (Å²) in [6, 6.07) is 0. The zero-order valence-corrected chi connectivity index (χ0v) is 27.0. The highest BCUT2D eigenvalue weighted by Gasteiger charge is 2.25. The summed E-state index contributed by atoms with van der Waals surface area (Å²) in [6.45, 7) is 9.75. The Bertz CT molecular complexity index is 460. The van der Waals surface area contributed by atoms with E-state index in [1.165, 1.54) is 167 Å². The molecule has 0 N–H and O–H groups in total. The van der Waals surface area contributed by atoms with Gasteiger partial charge in [0.2, 0.25) is 0 Å². The molecule has 0 bridgehead atoms. The van der Waals surface area contributed by atoms with Crippen LogP contribution in [0.15, 0.2) is 0 Å². The minimum Gasteiger partial charge on any atom is -0.465 e. The fraction of sp³-hybridized carbons (Fsp3) is 0.972. The van der Waals surface area contributed by atoms with Gasteiger partial charge in [-0.2, -0.15) is 0 Å². The molecule has 0 saturated heterocycles. The standard InChI is InChI=1S/C36H72O2/c1-5-8-11-13-15-17-18-19-20-21-22-24-26-29-32-35(34(4)31-28-10-7-3)36(37)38-33-30-27-25-23-16-14-12-9-6-2/h34-35H,5-33H2,1-4H3. The fourth-order valence-electron chi connectivity index (χ4n) is 5.80. The molecule has 0 aliphatic rings. The van der Waals surface area contributed by atoms with E-state index in [2.05, 4.69) is 27.7 Å². The lowest BCUT2D eigenvalue weighted by atomic mass is 9.85. The van der Waals surface area contributed by atoms with Gasteiger partial charge in [-0.1, -0.05) is 188 Å². The van der Waals surface area contributed by atoms with Crippen molar-refractivity contribution in [3.05, 3.63) is 0 Å². The molecular formula is C36H72O2. The first kappa shape index (κ1) is 37.5. The minimum absolute atomic E-state index is 0.100. The van der Waals surface area contributed by atoms with Crippen LogP contribution in [0.4, 0.5) is 0 Å². The monoisotopic (exact) mass is 537 g/mol. The summed E-state index contributed by atoms with van der Waals surface area (Å²) in [4.78, 5) is 13.0. The van der Waals surface area contributed by atoms with Gasteiger partial charge < -0.3 is 4.74 Å². The summed E-state index contributed by atoms with van der Waals surface area (Å²) in [5.41, 5.74) is 0. The van der Waals surface area contributed by atoms with Crippen LogP contribution in [0, 0.1) is 11.8 Å². The van der Waals surface area contributed by atoms with E-state index < -0.39 is 0 Å². The summed E-state index contributed by atoms with van der Waals surface area (Å²) < 4.78 is 5.82. The van der Waals surface area contributed by atoms with Crippen molar-refractivity contribution in [3.8, 4) is 0 Å². The molecule has 2 nitrogen and oxygen atoms in total. The predicted molar refractivity (Wildman–Crippen MR) is 170 cm³/mol. The molecule has 0 aromatic heterocycles. The fourth-order valence-corrected chi connectivity index (χ4v) is 5.80. The van der Waals surface area contributed by atoms with E-state index in [1.807, 2.05) is 0 Å². The molecule has 0 aliphatic carbocycles. The summed E-state index contributed by atoms with van der Waals surface area (Å²) in [5.74, 6) is 0.671. The van der Waals surface area contributed by atoms with Crippen LogP contribution in [-0.2, 0) is 9.53 Å². The molecule has 2 atom stereocenters. The molecule has 2 unspecified atom stereocenters. The molecule has 0 aliphatic heterocycles. The average molecular weight is 537 g/mol. The summed E-state index contributed by atoms with van der Waals surface area (Å²) in [5, 5.41) is 0. The average Bonchev–Trinajstić information content (AvgIpc) is 2.92. The van der Waals surface area contributed by atoms with Gasteiger partial charge in [0.05, 0.1) is 12.5 Å². The van der Waals surface area contributed by atoms with Crippen LogP contribution in [-0.4, -0.2) is 12.6 Å². The number of carbonyl (C=O) groups is 1. The van der Waals surface area contributed by atoms with Gasteiger partial charge in [0.15, 0.2) is 0 Å². The molecule has 2 heteroatoms. The third kappa shape index (κ3) is 25.7. The van der Waals surface area contributed by atoms with Crippen LogP contribution in [0.2, 0.25) is 0 Å². The molecule has 0 rings (SSSR count). The Morgan fingerprint density at radius 1 is 0.447 bits per heavy atom. The highest BCUT2D eigenvalue weighted by atomic mass is 16.5. The highest BCUT2D eigenvalue weighted by Crippen LogP contribution is 2.26. The quantitative estimate of drug-likeness (QED) is 0.0650. The molecule has 0 radical (unpaired) electrons. The Hall–Kier alpha value is -0.530. The van der Waals surface area contributed by atoms with E-state index in [0.29, 0.717) is 12.5 Å². The third-order valence-electron chi connectivity index (χ3n) is 8.61. The maximum absolute atomic E-state index is 13.0. The van der Waals surface area contributed by atoms with Gasteiger partial charge in [-0.05, 0) is 25.2 Å². The first-order chi connectivity index (χ1) is 18.7. The largest absolute Gasteiger partial charge is 0.465 e. The van der Waals surface area contributed by atoms with Gasteiger partial charge in [0.25, 0.3) is 0 Å². The van der Waals surface area contributed by atoms with Gasteiger partial charge in [0.1, 0.15) is 0 Å². The SMILES string of the molecule is CCCCCCCCCCCCCCCCC(C(=O)OCCCCCCCCCCC)C(C)CCCCC. The van der Waals surface area contributed by atoms with Crippen LogP contribution in [0.25, 0.3) is 0 Å². The second-order valence-electron chi connectivity index (χ2n) is 12.5. The number of rotatable bonds is 31. The number of ether oxygens (including phenoxy) is 1. The van der Waals surface area contributed by atoms with E-state index in [-0.39, 0.29) is 11.9 Å². The normalized spacial score (nSPS) is 13.1. The minimum atomic E-state index is 0.100. The molecule has 0 amide bonds. The van der Waals surface area contributed by atoms with Crippen molar-refractivity contribution in [3.63, 3.8) is 0 Å². The lowest BCUT2D eigenvalue weighted by Crippen LogP contribution is -2.25. The smallest absolute Gasteiger partial charge is 0.309 e. The second kappa shape index (κ2) is 31.0. The number of hydrogen-bond donors (Lipinski definition) is 0. The van der Waals surface area contributed by atoms with Crippen LogP contribution < -0.4 is 0 Å². The number of carbonyl (C=O) groups excluding carboxylic acids is 1. The Labute approximate surface area is 241 Å². The molecule has 0 fully saturated rings. The molecule has 0 saturated carbocycles. The topological polar surface area (TPSA) is 26.3 Å². The zero-order chi connectivity index (χ0) is 27.9. The van der Waals surface area contributed by atoms with E-state index in [0.717, 1.165) is 12.8 Å². The lowest BCUT2D eigenvalue weighted by Gasteiger charge is -2.23. The summed E-state index contributed by atoms with van der Waals surface area (Å²) in [7, 11) is 0. The van der Waals surface area contributed by atoms with Crippen LogP contribution >= 0.6 is 0 Å². The molecule has 228 valence electrons. The number of unbranched alkanes of at least 4 members (excludes halogenated alkanes) is 23. The van der Waals surface area contributed by atoms with Crippen molar-refractivity contribution in [2.75, 3.05) is 6.61 Å². The molecule has 38 heavy (non-hydrogen) atoms. The van der Waals surface area contributed by atoms with Gasteiger partial charge in [-0.25, -0.2) is 0 Å². The maximum Gasteiger partial charge on any atom is 0.309 e. The van der Waals surface area contributed by atoms with Crippen molar-refractivity contribution in [1.82, 2.24) is 0 Å². The molecule has 0 heterocycles. The zero-order valence-electron chi connectivity index (χ0n) is 27.0. The van der Waals surface area contributed by atoms with Gasteiger partial charge in [-0.3, -0.25) is 4.79 Å². The van der Waals surface area contributed by atoms with E-state index >= 15 is 0 Å². The highest BCUT2D eigenvalue weighted by molar-refractivity contribution is 5.72. The van der Waals surface area contributed by atoms with Crippen molar-refractivity contribution in [1.29, 1.82) is 0 Å². The first-order valence-electron chi connectivity index (χ1n) is 17.8. The number of hydrogen-bond acceptors (Lipinski definition) is 2. The van der Waals surface area contributed by atoms with Crippen LogP contribution in [0.1, 0.15) is 207 Å². The lowest BCUT2D eigenvalue weighted by molar-refractivity contribution is -0.151. The van der Waals surface area contributed by atoms with Crippen LogP contribution in [0.5, 0.6) is 0 Å². The van der Waals surface area contributed by atoms with Crippen molar-refractivity contribution < 1.29 is 9.53 Å². The predicted octanol–water partition coefficient (Wildman–Crippen LogP) is 12.8. The Kier molecular flexibility index (Phi) is 30.6. The van der Waals surface area contributed by atoms with Gasteiger partial charge in [-0.15, -0.1) is 0 Å². The van der Waals surface area contributed by atoms with Gasteiger partial charge in [0, 0.05) is 0 Å². The van der Waals surface area contributed by atoms with E-state index in [9.17, 15) is 4.79 Å². The molecule has 0 aromatic carbocycles.